The molecule has 29 heavy (non-hydrogen) atoms. The van der Waals surface area contributed by atoms with Crippen molar-refractivity contribution in [3.8, 4) is 11.3 Å². The summed E-state index contributed by atoms with van der Waals surface area (Å²) in [4.78, 5) is 14.4. The molecule has 3 aromatic rings. The van der Waals surface area contributed by atoms with Gasteiger partial charge in [0, 0.05) is 30.0 Å². The molecule has 1 aliphatic heterocycles. The summed E-state index contributed by atoms with van der Waals surface area (Å²) in [7, 11) is 0. The molecule has 4 rings (SSSR count). The zero-order chi connectivity index (χ0) is 20.1. The van der Waals surface area contributed by atoms with Gasteiger partial charge in [0.05, 0.1) is 5.69 Å². The smallest absolute Gasteiger partial charge is 0.323 e. The molecule has 1 aromatic heterocycles. The minimum Gasteiger partial charge on any atom is -0.355 e. The molecule has 0 atom stereocenters. The Kier molecular flexibility index (Phi) is 5.65. The highest BCUT2D eigenvalue weighted by atomic mass is 19.1. The standard InChI is InChI=1S/C22H22FN5O/c23-17-7-5-9-19(15-17)25-22(29)24-18-8-4-6-16(14-18)20-10-11-21(27-26-20)28-12-2-1-3-13-28/h4-11,14-15H,1-3,12-13H2,(H2,24,25,29). The molecule has 0 radical (unpaired) electrons. The van der Waals surface area contributed by atoms with Crippen LogP contribution in [-0.4, -0.2) is 29.3 Å². The molecule has 1 aliphatic rings. The molecule has 2 aromatic carbocycles. The van der Waals surface area contributed by atoms with Crippen molar-refractivity contribution in [3.05, 3.63) is 66.5 Å². The number of hydrogen-bond acceptors (Lipinski definition) is 4. The van der Waals surface area contributed by atoms with Crippen LogP contribution < -0.4 is 15.5 Å². The summed E-state index contributed by atoms with van der Waals surface area (Å²) in [5.74, 6) is 0.494. The molecule has 1 saturated heterocycles. The first-order valence-electron chi connectivity index (χ1n) is 9.70. The average Bonchev–Trinajstić information content (AvgIpc) is 2.75. The molecule has 2 heterocycles. The van der Waals surface area contributed by atoms with Crippen molar-refractivity contribution in [1.82, 2.24) is 10.2 Å². The summed E-state index contributed by atoms with van der Waals surface area (Å²) in [6, 6.07) is 16.6. The Balaban J connectivity index is 1.43. The van der Waals surface area contributed by atoms with Crippen LogP contribution in [0.4, 0.5) is 26.4 Å². The summed E-state index contributed by atoms with van der Waals surface area (Å²) in [6.07, 6.45) is 3.65. The van der Waals surface area contributed by atoms with Gasteiger partial charge in [0.2, 0.25) is 0 Å². The lowest BCUT2D eigenvalue weighted by atomic mass is 10.1. The number of halogens is 1. The van der Waals surface area contributed by atoms with Crippen molar-refractivity contribution in [3.63, 3.8) is 0 Å². The number of hydrogen-bond donors (Lipinski definition) is 2. The van der Waals surface area contributed by atoms with E-state index in [0.717, 1.165) is 30.2 Å². The van der Waals surface area contributed by atoms with Crippen molar-refractivity contribution in [2.24, 2.45) is 0 Å². The van der Waals surface area contributed by atoms with Gasteiger partial charge in [-0.3, -0.25) is 0 Å². The molecule has 2 N–H and O–H groups in total. The Morgan fingerprint density at radius 1 is 0.862 bits per heavy atom. The SMILES string of the molecule is O=C(Nc1cccc(F)c1)Nc1cccc(-c2ccc(N3CCCCC3)nn2)c1. The minimum atomic E-state index is -0.445. The van der Waals surface area contributed by atoms with Gasteiger partial charge in [-0.2, -0.15) is 0 Å². The molecule has 6 nitrogen and oxygen atoms in total. The molecule has 0 spiro atoms. The maximum Gasteiger partial charge on any atom is 0.323 e. The number of urea groups is 1. The third-order valence-corrected chi connectivity index (χ3v) is 4.83. The summed E-state index contributed by atoms with van der Waals surface area (Å²) >= 11 is 0. The van der Waals surface area contributed by atoms with E-state index in [-0.39, 0.29) is 0 Å². The van der Waals surface area contributed by atoms with Crippen molar-refractivity contribution in [2.75, 3.05) is 28.6 Å². The van der Waals surface area contributed by atoms with Gasteiger partial charge in [0.25, 0.3) is 0 Å². The van der Waals surface area contributed by atoms with Crippen molar-refractivity contribution >= 4 is 23.2 Å². The number of benzene rings is 2. The first-order valence-corrected chi connectivity index (χ1v) is 9.70. The Labute approximate surface area is 168 Å². The summed E-state index contributed by atoms with van der Waals surface area (Å²) in [5.41, 5.74) is 2.59. The first kappa shape index (κ1) is 18.9. The van der Waals surface area contributed by atoms with Crippen LogP contribution in [0.3, 0.4) is 0 Å². The van der Waals surface area contributed by atoms with Gasteiger partial charge in [-0.15, -0.1) is 10.2 Å². The third-order valence-electron chi connectivity index (χ3n) is 4.83. The van der Waals surface area contributed by atoms with Crippen LogP contribution in [-0.2, 0) is 0 Å². The second-order valence-corrected chi connectivity index (χ2v) is 6.99. The monoisotopic (exact) mass is 391 g/mol. The number of aromatic nitrogens is 2. The number of piperidine rings is 1. The summed E-state index contributed by atoms with van der Waals surface area (Å²) < 4.78 is 13.2. The Morgan fingerprint density at radius 2 is 1.59 bits per heavy atom. The van der Waals surface area contributed by atoms with E-state index in [1.165, 1.54) is 37.5 Å². The van der Waals surface area contributed by atoms with Crippen LogP contribution >= 0.6 is 0 Å². The van der Waals surface area contributed by atoms with Gasteiger partial charge in [-0.05, 0) is 61.7 Å². The molecule has 2 amide bonds. The van der Waals surface area contributed by atoms with E-state index in [1.54, 1.807) is 12.1 Å². The maximum atomic E-state index is 13.2. The van der Waals surface area contributed by atoms with Crippen molar-refractivity contribution in [1.29, 1.82) is 0 Å². The molecular formula is C22H22FN5O. The van der Waals surface area contributed by atoms with E-state index in [4.69, 9.17) is 0 Å². The fraction of sp³-hybridized carbons (Fsp3) is 0.227. The van der Waals surface area contributed by atoms with E-state index in [0.29, 0.717) is 11.4 Å². The fourth-order valence-electron chi connectivity index (χ4n) is 3.39. The Bertz CT molecular complexity index is 987. The van der Waals surface area contributed by atoms with Gasteiger partial charge in [0.15, 0.2) is 5.82 Å². The van der Waals surface area contributed by atoms with Gasteiger partial charge < -0.3 is 15.5 Å². The lowest BCUT2D eigenvalue weighted by Crippen LogP contribution is -2.30. The van der Waals surface area contributed by atoms with Crippen molar-refractivity contribution < 1.29 is 9.18 Å². The zero-order valence-corrected chi connectivity index (χ0v) is 15.9. The molecule has 0 aliphatic carbocycles. The average molecular weight is 391 g/mol. The number of nitrogens with zero attached hydrogens (tertiary/aromatic N) is 3. The fourth-order valence-corrected chi connectivity index (χ4v) is 3.39. The molecule has 148 valence electrons. The van der Waals surface area contributed by atoms with Crippen LogP contribution in [0.25, 0.3) is 11.3 Å². The van der Waals surface area contributed by atoms with Crippen LogP contribution in [0.2, 0.25) is 0 Å². The number of rotatable bonds is 4. The topological polar surface area (TPSA) is 70.2 Å². The van der Waals surface area contributed by atoms with E-state index in [9.17, 15) is 9.18 Å². The number of carbonyl (C=O) groups is 1. The molecule has 7 heteroatoms. The first-order chi connectivity index (χ1) is 14.2. The van der Waals surface area contributed by atoms with E-state index < -0.39 is 11.8 Å². The number of amides is 2. The highest BCUT2D eigenvalue weighted by molar-refractivity contribution is 6.00. The van der Waals surface area contributed by atoms with Gasteiger partial charge in [0.1, 0.15) is 5.82 Å². The Morgan fingerprint density at radius 3 is 2.28 bits per heavy atom. The lowest BCUT2D eigenvalue weighted by molar-refractivity contribution is 0.262. The molecule has 0 saturated carbocycles. The second-order valence-electron chi connectivity index (χ2n) is 6.99. The lowest BCUT2D eigenvalue weighted by Gasteiger charge is -2.27. The van der Waals surface area contributed by atoms with Crippen LogP contribution in [0.1, 0.15) is 19.3 Å². The largest absolute Gasteiger partial charge is 0.355 e. The highest BCUT2D eigenvalue weighted by Crippen LogP contribution is 2.23. The molecule has 1 fully saturated rings. The normalized spacial score (nSPS) is 13.8. The zero-order valence-electron chi connectivity index (χ0n) is 15.9. The van der Waals surface area contributed by atoms with Gasteiger partial charge in [-0.1, -0.05) is 18.2 Å². The van der Waals surface area contributed by atoms with Gasteiger partial charge >= 0.3 is 6.03 Å². The van der Waals surface area contributed by atoms with Crippen LogP contribution in [0, 0.1) is 5.82 Å². The quantitative estimate of drug-likeness (QED) is 0.662. The van der Waals surface area contributed by atoms with E-state index in [2.05, 4.69) is 25.7 Å². The predicted molar refractivity (Wildman–Crippen MR) is 113 cm³/mol. The maximum absolute atomic E-state index is 13.2. The number of carbonyl (C=O) groups excluding carboxylic acids is 1. The summed E-state index contributed by atoms with van der Waals surface area (Å²) in [6.45, 7) is 2.04. The molecular weight excluding hydrogens is 369 g/mol. The van der Waals surface area contributed by atoms with Crippen molar-refractivity contribution in [2.45, 2.75) is 19.3 Å². The summed E-state index contributed by atoms with van der Waals surface area (Å²) in [5, 5.41) is 14.1. The Hall–Kier alpha value is -3.48. The molecule has 0 bridgehead atoms. The second kappa shape index (κ2) is 8.68. The number of anilines is 3. The number of nitrogens with one attached hydrogen (secondary N) is 2. The third kappa shape index (κ3) is 4.87. The van der Waals surface area contributed by atoms with Gasteiger partial charge in [-0.25, -0.2) is 9.18 Å². The minimum absolute atomic E-state index is 0.387. The molecule has 0 unspecified atom stereocenters. The highest BCUT2D eigenvalue weighted by Gasteiger charge is 2.13. The van der Waals surface area contributed by atoms with E-state index in [1.807, 2.05) is 30.3 Å². The van der Waals surface area contributed by atoms with E-state index >= 15 is 0 Å². The van der Waals surface area contributed by atoms with Crippen LogP contribution in [0.5, 0.6) is 0 Å². The predicted octanol–water partition coefficient (Wildman–Crippen LogP) is 4.92. The van der Waals surface area contributed by atoms with Crippen LogP contribution in [0.15, 0.2) is 60.7 Å².